The van der Waals surface area contributed by atoms with Crippen LogP contribution in [-0.4, -0.2) is 56.1 Å². The molecule has 0 aliphatic carbocycles. The normalized spacial score (nSPS) is 21.6. The number of rotatable bonds is 4. The predicted molar refractivity (Wildman–Crippen MR) is 97.6 cm³/mol. The maximum absolute atomic E-state index is 12.1. The molecule has 2 heterocycles. The highest BCUT2D eigenvalue weighted by atomic mass is 35.6. The Morgan fingerprint density at radius 3 is 2.58 bits per heavy atom. The van der Waals surface area contributed by atoms with Crippen LogP contribution < -0.4 is 4.74 Å². The van der Waals surface area contributed by atoms with Crippen LogP contribution in [0.4, 0.5) is 0 Å². The van der Waals surface area contributed by atoms with E-state index in [2.05, 4.69) is 9.73 Å². The Kier molecular flexibility index (Phi) is 5.67. The molecule has 0 saturated carbocycles. The van der Waals surface area contributed by atoms with Crippen LogP contribution in [0.25, 0.3) is 0 Å². The van der Waals surface area contributed by atoms with E-state index in [4.69, 9.17) is 39.5 Å². The lowest BCUT2D eigenvalue weighted by Gasteiger charge is -2.38. The van der Waals surface area contributed by atoms with Crippen molar-refractivity contribution >= 4 is 69.4 Å². The number of β-lactam (4-membered cyclic amide) rings is 1. The van der Waals surface area contributed by atoms with Crippen molar-refractivity contribution in [3.63, 3.8) is 0 Å². The van der Waals surface area contributed by atoms with Crippen LogP contribution in [0.1, 0.15) is 0 Å². The van der Waals surface area contributed by atoms with Crippen molar-refractivity contribution in [1.82, 2.24) is 4.90 Å². The maximum atomic E-state index is 12.1. The smallest absolute Gasteiger partial charge is 0.397 e. The van der Waals surface area contributed by atoms with Crippen LogP contribution >= 0.6 is 46.6 Å². The van der Waals surface area contributed by atoms with Crippen LogP contribution in [0.3, 0.4) is 0 Å². The van der Waals surface area contributed by atoms with Crippen molar-refractivity contribution in [3.05, 3.63) is 30.3 Å². The van der Waals surface area contributed by atoms with Crippen LogP contribution in [0, 0.1) is 0 Å². The number of aliphatic imine (C=N–C) groups is 1. The summed E-state index contributed by atoms with van der Waals surface area (Å²) in [4.78, 5) is 40.9. The van der Waals surface area contributed by atoms with Gasteiger partial charge in [0.15, 0.2) is 6.04 Å². The van der Waals surface area contributed by atoms with Crippen molar-refractivity contribution in [2.75, 3.05) is 13.2 Å². The standard InChI is InChI=1S/C15H11Cl3N2O5S/c16-15(17,18)7-25-14(23)12(22)20-11(21)10-13(20)26-9(19-10)6-24-8-4-2-1-3-5-8/h1-5,10,13H,6-7H2. The lowest BCUT2D eigenvalue weighted by atomic mass is 10.1. The van der Waals surface area contributed by atoms with Gasteiger partial charge in [0.05, 0.1) is 0 Å². The van der Waals surface area contributed by atoms with Crippen LogP contribution in [-0.2, 0) is 19.1 Å². The molecule has 138 valence electrons. The second kappa shape index (κ2) is 7.64. The number of nitrogens with zero attached hydrogens (tertiary/aromatic N) is 2. The van der Waals surface area contributed by atoms with E-state index in [-0.39, 0.29) is 6.61 Å². The zero-order valence-electron chi connectivity index (χ0n) is 12.9. The average Bonchev–Trinajstić information content (AvgIpc) is 2.97. The highest BCUT2D eigenvalue weighted by molar-refractivity contribution is 8.15. The molecule has 2 aliphatic rings. The lowest BCUT2D eigenvalue weighted by molar-refractivity contribution is -0.169. The first-order valence-electron chi connectivity index (χ1n) is 7.28. The summed E-state index contributed by atoms with van der Waals surface area (Å²) in [6, 6.07) is 8.38. The van der Waals surface area contributed by atoms with Crippen molar-refractivity contribution < 1.29 is 23.9 Å². The van der Waals surface area contributed by atoms with Crippen LogP contribution in [0.5, 0.6) is 5.75 Å². The number of amides is 2. The fourth-order valence-corrected chi connectivity index (χ4v) is 3.62. The van der Waals surface area contributed by atoms with E-state index < -0.39 is 39.6 Å². The minimum Gasteiger partial charge on any atom is -0.487 e. The molecule has 1 aromatic carbocycles. The van der Waals surface area contributed by atoms with E-state index in [9.17, 15) is 14.4 Å². The summed E-state index contributed by atoms with van der Waals surface area (Å²) in [7, 11) is 0. The molecule has 1 saturated heterocycles. The molecule has 2 aliphatic heterocycles. The molecular weight excluding hydrogens is 427 g/mol. The first kappa shape index (κ1) is 19.3. The Morgan fingerprint density at radius 1 is 1.23 bits per heavy atom. The molecule has 0 N–H and O–H groups in total. The van der Waals surface area contributed by atoms with Gasteiger partial charge in [-0.05, 0) is 12.1 Å². The number of hydrogen-bond donors (Lipinski definition) is 0. The molecule has 1 fully saturated rings. The molecule has 0 radical (unpaired) electrons. The molecule has 0 spiro atoms. The van der Waals surface area contributed by atoms with Gasteiger partial charge in [0.2, 0.25) is 3.79 Å². The summed E-state index contributed by atoms with van der Waals surface area (Å²) >= 11 is 17.6. The summed E-state index contributed by atoms with van der Waals surface area (Å²) in [5.41, 5.74) is 0. The molecule has 0 bridgehead atoms. The number of halogens is 3. The van der Waals surface area contributed by atoms with E-state index in [1.807, 2.05) is 18.2 Å². The topological polar surface area (TPSA) is 85.3 Å². The summed E-state index contributed by atoms with van der Waals surface area (Å²) in [5, 5.41) is -0.0353. The number of thioether (sulfide) groups is 1. The predicted octanol–water partition coefficient (Wildman–Crippen LogP) is 2.19. The monoisotopic (exact) mass is 436 g/mol. The third-order valence-corrected chi connectivity index (χ3v) is 4.95. The van der Waals surface area contributed by atoms with Gasteiger partial charge < -0.3 is 9.47 Å². The fraction of sp³-hybridized carbons (Fsp3) is 0.333. The van der Waals surface area contributed by atoms with Gasteiger partial charge >= 0.3 is 11.9 Å². The van der Waals surface area contributed by atoms with Crippen molar-refractivity contribution in [2.24, 2.45) is 4.99 Å². The number of alkyl halides is 3. The van der Waals surface area contributed by atoms with Gasteiger partial charge in [-0.15, -0.1) is 0 Å². The van der Waals surface area contributed by atoms with Gasteiger partial charge in [0.1, 0.15) is 29.4 Å². The molecule has 0 aromatic heterocycles. The molecule has 1 aromatic rings. The number of ether oxygens (including phenoxy) is 2. The second-order valence-electron chi connectivity index (χ2n) is 5.28. The lowest BCUT2D eigenvalue weighted by Crippen LogP contribution is -2.64. The quantitative estimate of drug-likeness (QED) is 0.311. The Balaban J connectivity index is 1.54. The first-order chi connectivity index (χ1) is 12.3. The van der Waals surface area contributed by atoms with E-state index in [0.29, 0.717) is 10.8 Å². The number of esters is 1. The zero-order chi connectivity index (χ0) is 18.9. The maximum Gasteiger partial charge on any atom is 0.397 e. The van der Waals surface area contributed by atoms with Gasteiger partial charge in [-0.3, -0.25) is 19.5 Å². The molecule has 2 atom stereocenters. The Hall–Kier alpha value is -1.48. The van der Waals surface area contributed by atoms with E-state index >= 15 is 0 Å². The van der Waals surface area contributed by atoms with Crippen LogP contribution in [0.2, 0.25) is 0 Å². The van der Waals surface area contributed by atoms with E-state index in [0.717, 1.165) is 4.90 Å². The van der Waals surface area contributed by atoms with Gasteiger partial charge in [0, 0.05) is 0 Å². The molecule has 2 unspecified atom stereocenters. The third kappa shape index (κ3) is 4.25. The van der Waals surface area contributed by atoms with E-state index in [1.54, 1.807) is 12.1 Å². The first-order valence-corrected chi connectivity index (χ1v) is 9.30. The fourth-order valence-electron chi connectivity index (χ4n) is 2.27. The van der Waals surface area contributed by atoms with Crippen molar-refractivity contribution in [3.8, 4) is 5.75 Å². The Morgan fingerprint density at radius 2 is 1.92 bits per heavy atom. The van der Waals surface area contributed by atoms with Gasteiger partial charge in [-0.1, -0.05) is 64.8 Å². The number of likely N-dealkylation sites (tertiary alicyclic amines) is 1. The number of imide groups is 1. The third-order valence-electron chi connectivity index (χ3n) is 3.42. The SMILES string of the molecule is O=C(OCC(Cl)(Cl)Cl)C(=O)N1C(=O)C2N=C(COc3ccccc3)SC21. The Labute approximate surface area is 167 Å². The highest BCUT2D eigenvalue weighted by Crippen LogP contribution is 2.39. The minimum absolute atomic E-state index is 0.161. The highest BCUT2D eigenvalue weighted by Gasteiger charge is 2.56. The van der Waals surface area contributed by atoms with Gasteiger partial charge in [0.25, 0.3) is 5.91 Å². The van der Waals surface area contributed by atoms with Gasteiger partial charge in [-0.25, -0.2) is 4.79 Å². The summed E-state index contributed by atoms with van der Waals surface area (Å²) in [5.74, 6) is -2.30. The summed E-state index contributed by atoms with van der Waals surface area (Å²) < 4.78 is 8.33. The minimum atomic E-state index is -1.84. The number of fused-ring (bicyclic) bond motifs is 1. The molecule has 7 nitrogen and oxygen atoms in total. The number of benzene rings is 1. The number of carbonyl (C=O) groups is 3. The van der Waals surface area contributed by atoms with Crippen molar-refractivity contribution in [2.45, 2.75) is 15.2 Å². The zero-order valence-corrected chi connectivity index (χ0v) is 16.0. The molecular formula is C15H11Cl3N2O5S. The molecule has 3 rings (SSSR count). The number of para-hydroxylation sites is 1. The second-order valence-corrected chi connectivity index (χ2v) is 8.99. The van der Waals surface area contributed by atoms with Gasteiger partial charge in [-0.2, -0.15) is 0 Å². The largest absolute Gasteiger partial charge is 0.487 e. The molecule has 26 heavy (non-hydrogen) atoms. The summed E-state index contributed by atoms with van der Waals surface area (Å²) in [6.07, 6.45) is 0. The van der Waals surface area contributed by atoms with Crippen LogP contribution in [0.15, 0.2) is 35.3 Å². The van der Waals surface area contributed by atoms with E-state index in [1.165, 1.54) is 11.8 Å². The molecule has 11 heteroatoms. The average molecular weight is 438 g/mol. The Bertz CT molecular complexity index is 768. The summed E-state index contributed by atoms with van der Waals surface area (Å²) in [6.45, 7) is -0.438. The molecule has 2 amide bonds. The number of carbonyl (C=O) groups excluding carboxylic acids is 3. The van der Waals surface area contributed by atoms with Crippen molar-refractivity contribution in [1.29, 1.82) is 0 Å². The number of hydrogen-bond acceptors (Lipinski definition) is 7.